The molecule has 0 aliphatic rings. The summed E-state index contributed by atoms with van der Waals surface area (Å²) in [4.78, 5) is 52.0. The van der Waals surface area contributed by atoms with Gasteiger partial charge in [-0.2, -0.15) is 0 Å². The average molecular weight is 521 g/mol. The Morgan fingerprint density at radius 2 is 1.62 bits per heavy atom. The second-order valence-electron chi connectivity index (χ2n) is 7.51. The molecule has 1 heterocycles. The summed E-state index contributed by atoms with van der Waals surface area (Å²) in [6, 6.07) is 16.7. The minimum absolute atomic E-state index is 0.0863. The summed E-state index contributed by atoms with van der Waals surface area (Å²) in [5.41, 5.74) is 2.01. The number of thiazole rings is 1. The van der Waals surface area contributed by atoms with Crippen molar-refractivity contribution in [2.24, 2.45) is 0 Å². The largest absolute Gasteiger partial charge is 0.464 e. The monoisotopic (exact) mass is 520 g/mol. The van der Waals surface area contributed by atoms with Crippen LogP contribution in [-0.2, 0) is 32.2 Å². The molecule has 0 fully saturated rings. The number of hydrogen-bond donors (Lipinski definition) is 3. The molecule has 0 aliphatic heterocycles. The number of esters is 1. The lowest BCUT2D eigenvalue weighted by Gasteiger charge is -2.09. The number of benzene rings is 2. The van der Waals surface area contributed by atoms with Gasteiger partial charge in [0.2, 0.25) is 0 Å². The molecule has 3 N–H and O–H groups in total. The quantitative estimate of drug-likeness (QED) is 0.276. The maximum Gasteiger partial charge on any atom is 0.407 e. The molecule has 3 aromatic rings. The topological polar surface area (TPSA) is 136 Å². The van der Waals surface area contributed by atoms with Crippen LogP contribution >= 0.6 is 11.3 Å². The van der Waals surface area contributed by atoms with Gasteiger partial charge in [-0.05, 0) is 11.1 Å². The summed E-state index contributed by atoms with van der Waals surface area (Å²) < 4.78 is 9.68. The molecule has 37 heavy (non-hydrogen) atoms. The minimum atomic E-state index is -0.819. The molecule has 10 nitrogen and oxygen atoms in total. The van der Waals surface area contributed by atoms with Gasteiger partial charge in [-0.1, -0.05) is 67.8 Å². The first-order chi connectivity index (χ1) is 17.8. The lowest BCUT2D eigenvalue weighted by Crippen LogP contribution is -2.35. The predicted molar refractivity (Wildman–Crippen MR) is 137 cm³/mol. The van der Waals surface area contributed by atoms with Gasteiger partial charge in [0, 0.05) is 17.5 Å². The molecular weight excluding hydrogens is 496 g/mol. The number of ether oxygens (including phenoxy) is 2. The number of hydrogen-bond acceptors (Lipinski definition) is 8. The Balaban J connectivity index is 1.49. The third kappa shape index (κ3) is 7.87. The first-order valence-corrected chi connectivity index (χ1v) is 11.7. The molecule has 11 heteroatoms. The van der Waals surface area contributed by atoms with Crippen LogP contribution in [0.25, 0.3) is 10.6 Å². The van der Waals surface area contributed by atoms with Crippen molar-refractivity contribution in [2.75, 3.05) is 7.11 Å². The molecule has 0 radical (unpaired) electrons. The van der Waals surface area contributed by atoms with Gasteiger partial charge in [0.05, 0.1) is 12.8 Å². The van der Waals surface area contributed by atoms with E-state index >= 15 is 0 Å². The number of rotatable bonds is 10. The average Bonchev–Trinajstić information content (AvgIpc) is 3.41. The summed E-state index contributed by atoms with van der Waals surface area (Å²) in [7, 11) is 1.14. The zero-order valence-corrected chi connectivity index (χ0v) is 20.7. The Kier molecular flexibility index (Phi) is 9.28. The van der Waals surface area contributed by atoms with Crippen LogP contribution in [0.4, 0.5) is 4.79 Å². The van der Waals surface area contributed by atoms with Crippen molar-refractivity contribution in [3.05, 3.63) is 101 Å². The number of aromatic nitrogens is 1. The van der Waals surface area contributed by atoms with Crippen LogP contribution in [0.15, 0.2) is 84.5 Å². The number of methoxy groups -OCH3 is 1. The molecule has 2 aromatic carbocycles. The van der Waals surface area contributed by atoms with Crippen LogP contribution < -0.4 is 16.0 Å². The zero-order chi connectivity index (χ0) is 26.8. The van der Waals surface area contributed by atoms with Crippen LogP contribution in [0.3, 0.4) is 0 Å². The zero-order valence-electron chi connectivity index (χ0n) is 19.9. The van der Waals surface area contributed by atoms with Crippen LogP contribution in [0.2, 0.25) is 0 Å². The highest BCUT2D eigenvalue weighted by Crippen LogP contribution is 2.24. The molecule has 0 spiro atoms. The minimum Gasteiger partial charge on any atom is -0.464 e. The molecule has 3 amide bonds. The van der Waals surface area contributed by atoms with E-state index in [1.165, 1.54) is 16.7 Å². The number of carbonyl (C=O) groups excluding carboxylic acids is 4. The fraction of sp³-hybridized carbons (Fsp3) is 0.115. The van der Waals surface area contributed by atoms with Gasteiger partial charge in [0.25, 0.3) is 11.8 Å². The Bertz CT molecular complexity index is 1320. The third-order valence-corrected chi connectivity index (χ3v) is 5.71. The summed E-state index contributed by atoms with van der Waals surface area (Å²) in [6.45, 7) is 7.33. The van der Waals surface area contributed by atoms with Crippen molar-refractivity contribution in [1.29, 1.82) is 0 Å². The molecule has 0 bridgehead atoms. The summed E-state index contributed by atoms with van der Waals surface area (Å²) in [5, 5.41) is 9.32. The van der Waals surface area contributed by atoms with Crippen molar-refractivity contribution in [2.45, 2.75) is 13.2 Å². The summed E-state index contributed by atoms with van der Waals surface area (Å²) >= 11 is 1.24. The Hall–Kier alpha value is -4.77. The summed E-state index contributed by atoms with van der Waals surface area (Å²) in [6.07, 6.45) is -0.520. The normalized spacial score (nSPS) is 10.1. The SMILES string of the molecule is C=C(NC(=O)c1csc(-c2ccc(COC(=O)NCc3ccccc3)cc2)n1)C(=O)NC(=C)C(=O)OC. The van der Waals surface area contributed by atoms with E-state index in [9.17, 15) is 19.2 Å². The van der Waals surface area contributed by atoms with E-state index in [-0.39, 0.29) is 23.7 Å². The standard InChI is InChI=1S/C26H24N4O6S/c1-16(22(31)29-17(2)25(33)35-3)28-23(32)21-15-37-24(30-21)20-11-9-19(10-12-20)14-36-26(34)27-13-18-7-5-4-6-8-18/h4-12,15H,1-2,13-14H2,3H3,(H,27,34)(H,28,32)(H,29,31). The number of carbonyl (C=O) groups is 4. The molecule has 0 unspecified atom stereocenters. The second-order valence-corrected chi connectivity index (χ2v) is 8.37. The van der Waals surface area contributed by atoms with Crippen molar-refractivity contribution in [1.82, 2.24) is 20.9 Å². The lowest BCUT2D eigenvalue weighted by atomic mass is 10.1. The number of alkyl carbamates (subject to hydrolysis) is 1. The molecule has 190 valence electrons. The molecular formula is C26H24N4O6S. The Labute approximate surface area is 217 Å². The van der Waals surface area contributed by atoms with E-state index < -0.39 is 23.9 Å². The predicted octanol–water partition coefficient (Wildman–Crippen LogP) is 3.28. The number of amides is 3. The molecule has 0 saturated carbocycles. The van der Waals surface area contributed by atoms with Gasteiger partial charge < -0.3 is 25.4 Å². The molecule has 0 saturated heterocycles. The first-order valence-electron chi connectivity index (χ1n) is 10.8. The van der Waals surface area contributed by atoms with E-state index in [0.29, 0.717) is 11.6 Å². The number of nitrogens with zero attached hydrogens (tertiary/aromatic N) is 1. The summed E-state index contributed by atoms with van der Waals surface area (Å²) in [5.74, 6) is -2.27. The van der Waals surface area contributed by atoms with Gasteiger partial charge in [0.15, 0.2) is 0 Å². The van der Waals surface area contributed by atoms with Crippen molar-refractivity contribution in [3.8, 4) is 10.6 Å². The Morgan fingerprint density at radius 1 is 0.919 bits per heavy atom. The van der Waals surface area contributed by atoms with Gasteiger partial charge in [-0.15, -0.1) is 11.3 Å². The van der Waals surface area contributed by atoms with Gasteiger partial charge in [-0.3, -0.25) is 9.59 Å². The molecule has 3 rings (SSSR count). The van der Waals surface area contributed by atoms with Gasteiger partial charge in [-0.25, -0.2) is 14.6 Å². The van der Waals surface area contributed by atoms with E-state index in [2.05, 4.69) is 38.8 Å². The molecule has 0 atom stereocenters. The Morgan fingerprint density at radius 3 is 2.30 bits per heavy atom. The highest BCUT2D eigenvalue weighted by atomic mass is 32.1. The lowest BCUT2D eigenvalue weighted by molar-refractivity contribution is -0.137. The molecule has 0 aliphatic carbocycles. The van der Waals surface area contributed by atoms with Crippen LogP contribution in [0.5, 0.6) is 0 Å². The fourth-order valence-corrected chi connectivity index (χ4v) is 3.67. The maximum atomic E-state index is 12.5. The molecule has 1 aromatic heterocycles. The van der Waals surface area contributed by atoms with Crippen molar-refractivity contribution in [3.63, 3.8) is 0 Å². The first kappa shape index (κ1) is 26.8. The van der Waals surface area contributed by atoms with E-state index in [1.54, 1.807) is 24.3 Å². The highest BCUT2D eigenvalue weighted by molar-refractivity contribution is 7.13. The third-order valence-electron chi connectivity index (χ3n) is 4.82. The van der Waals surface area contributed by atoms with Crippen molar-refractivity contribution < 1.29 is 28.7 Å². The van der Waals surface area contributed by atoms with Gasteiger partial charge >= 0.3 is 12.1 Å². The smallest absolute Gasteiger partial charge is 0.407 e. The van der Waals surface area contributed by atoms with Crippen LogP contribution in [0.1, 0.15) is 21.6 Å². The van der Waals surface area contributed by atoms with Gasteiger partial charge in [0.1, 0.15) is 23.0 Å². The highest BCUT2D eigenvalue weighted by Gasteiger charge is 2.18. The second kappa shape index (κ2) is 12.8. The van der Waals surface area contributed by atoms with Crippen molar-refractivity contribution >= 4 is 35.2 Å². The van der Waals surface area contributed by atoms with E-state index in [1.807, 2.05) is 30.3 Å². The maximum absolute atomic E-state index is 12.5. The fourth-order valence-electron chi connectivity index (χ4n) is 2.87. The van der Waals surface area contributed by atoms with E-state index in [4.69, 9.17) is 4.74 Å². The van der Waals surface area contributed by atoms with E-state index in [0.717, 1.165) is 23.8 Å². The van der Waals surface area contributed by atoms with Crippen LogP contribution in [0, 0.1) is 0 Å². The number of nitrogens with one attached hydrogen (secondary N) is 3. The van der Waals surface area contributed by atoms with Crippen LogP contribution in [-0.4, -0.2) is 36.0 Å².